The molecule has 0 spiro atoms. The highest BCUT2D eigenvalue weighted by atomic mass is 16.5. The molecule has 12 aliphatic carbocycles. The van der Waals surface area contributed by atoms with Gasteiger partial charge in [0.2, 0.25) is 0 Å². The molecule has 0 aromatic carbocycles. The average molecular weight is 823 g/mol. The maximum absolute atomic E-state index is 11.3. The molecule has 2 nitrogen and oxygen atoms in total. The minimum absolute atomic E-state index is 0.0204. The summed E-state index contributed by atoms with van der Waals surface area (Å²) < 4.78 is 4.78. The summed E-state index contributed by atoms with van der Waals surface area (Å²) in [5, 5.41) is 0. The van der Waals surface area contributed by atoms with Crippen molar-refractivity contribution < 1.29 is 9.53 Å². The largest absolute Gasteiger partial charge is 0.469 e. The third-order valence-corrected chi connectivity index (χ3v) is 21.8. The summed E-state index contributed by atoms with van der Waals surface area (Å²) in [6.07, 6.45) is 44.0. The second kappa shape index (κ2) is 17.7. The Kier molecular flexibility index (Phi) is 12.4. The summed E-state index contributed by atoms with van der Waals surface area (Å²) in [6.45, 7) is 7.13. The van der Waals surface area contributed by atoms with Gasteiger partial charge in [-0.05, 0) is 290 Å². The van der Waals surface area contributed by atoms with Crippen LogP contribution in [0, 0.1) is 142 Å². The van der Waals surface area contributed by atoms with E-state index in [4.69, 9.17) is 4.74 Å². The first-order valence-electron chi connectivity index (χ1n) is 28.4. The predicted molar refractivity (Wildman–Crippen MR) is 247 cm³/mol. The molecule has 60 heavy (non-hydrogen) atoms. The molecule has 2 heteroatoms. The summed E-state index contributed by atoms with van der Waals surface area (Å²) in [5.41, 5.74) is 0. The molecule has 12 fully saturated rings. The molecule has 0 aromatic rings. The minimum Gasteiger partial charge on any atom is -0.469 e. The maximum atomic E-state index is 11.3. The van der Waals surface area contributed by atoms with Crippen LogP contribution in [0.5, 0.6) is 0 Å². The van der Waals surface area contributed by atoms with Gasteiger partial charge in [-0.2, -0.15) is 0 Å². The number of esters is 1. The standard InChI is InChI=1S/C29H46O2.C29H48/c1-3-17-6-19(17)8-21-10-23(21)12-25-14-27(25)16-28-15-26(28)13-24-11-22(24)9-20-7-18(20)4-5-29(30)31-2;1-3-5-6-19-8-21(19)10-23-12-25(23)14-27-16-29(27)17-28-15-26(28)13-24-11-22(24)9-20-7-18(20)4-2/h17-28H,3-16H2,1-2H3;18-29H,3-17H2,1-2H3. The molecule has 0 saturated heterocycles. The van der Waals surface area contributed by atoms with Gasteiger partial charge < -0.3 is 4.74 Å². The molecule has 0 amide bonds. The molecule has 12 rings (SSSR count). The number of ether oxygens (including phenoxy) is 1. The van der Waals surface area contributed by atoms with Crippen LogP contribution < -0.4 is 0 Å². The van der Waals surface area contributed by atoms with Gasteiger partial charge in [-0.15, -0.1) is 0 Å². The normalized spacial score (nSPS) is 52.1. The van der Waals surface area contributed by atoms with E-state index in [0.717, 1.165) is 101 Å². The van der Waals surface area contributed by atoms with Crippen LogP contribution in [0.4, 0.5) is 0 Å². The second-order valence-corrected chi connectivity index (χ2v) is 26.5. The van der Waals surface area contributed by atoms with Crippen molar-refractivity contribution in [3.8, 4) is 0 Å². The Morgan fingerprint density at radius 3 is 0.783 bits per heavy atom. The first-order valence-corrected chi connectivity index (χ1v) is 28.4. The molecule has 338 valence electrons. The molecule has 12 saturated carbocycles. The van der Waals surface area contributed by atoms with E-state index in [9.17, 15) is 4.79 Å². The van der Waals surface area contributed by atoms with Crippen molar-refractivity contribution in [3.63, 3.8) is 0 Å². The van der Waals surface area contributed by atoms with Crippen LogP contribution in [0.2, 0.25) is 0 Å². The summed E-state index contributed by atoms with van der Waals surface area (Å²) in [7, 11) is 1.51. The van der Waals surface area contributed by atoms with Gasteiger partial charge in [-0.3, -0.25) is 4.79 Å². The van der Waals surface area contributed by atoms with Gasteiger partial charge in [0, 0.05) is 6.42 Å². The second-order valence-electron chi connectivity index (χ2n) is 26.5. The average Bonchev–Trinajstić information content (AvgIpc) is 4.02. The van der Waals surface area contributed by atoms with E-state index in [1.54, 1.807) is 128 Å². The fraction of sp³-hybridized carbons (Fsp3) is 0.983. The number of methoxy groups -OCH3 is 1. The van der Waals surface area contributed by atoms with E-state index in [0.29, 0.717) is 6.42 Å². The zero-order valence-corrected chi connectivity index (χ0v) is 39.7. The van der Waals surface area contributed by atoms with Gasteiger partial charge in [0.15, 0.2) is 0 Å². The van der Waals surface area contributed by atoms with E-state index in [-0.39, 0.29) is 5.97 Å². The molecule has 12 aliphatic rings. The molecule has 0 N–H and O–H groups in total. The van der Waals surface area contributed by atoms with Crippen LogP contribution in [0.3, 0.4) is 0 Å². The quantitative estimate of drug-likeness (QED) is 0.0735. The third kappa shape index (κ3) is 11.5. The number of hydrogen-bond donors (Lipinski definition) is 0. The number of rotatable bonds is 28. The Morgan fingerprint density at radius 2 is 0.550 bits per heavy atom. The Hall–Kier alpha value is -0.530. The third-order valence-electron chi connectivity index (χ3n) is 21.8. The van der Waals surface area contributed by atoms with Gasteiger partial charge in [-0.1, -0.05) is 52.9 Å². The van der Waals surface area contributed by atoms with E-state index in [1.165, 1.54) is 99.4 Å². The van der Waals surface area contributed by atoms with Crippen molar-refractivity contribution in [2.24, 2.45) is 142 Å². The van der Waals surface area contributed by atoms with Gasteiger partial charge in [0.1, 0.15) is 0 Å². The summed E-state index contributed by atoms with van der Waals surface area (Å²) in [6, 6.07) is 0. The first kappa shape index (κ1) is 42.1. The minimum atomic E-state index is -0.0204. The van der Waals surface area contributed by atoms with Crippen molar-refractivity contribution >= 4 is 5.97 Å². The van der Waals surface area contributed by atoms with Gasteiger partial charge in [0.05, 0.1) is 7.11 Å². The summed E-state index contributed by atoms with van der Waals surface area (Å²) in [4.78, 5) is 11.3. The fourth-order valence-electron chi connectivity index (χ4n) is 16.0. The fourth-order valence-corrected chi connectivity index (χ4v) is 16.0. The molecular formula is C58H94O2. The molecule has 0 heterocycles. The molecular weight excluding hydrogens is 729 g/mol. The van der Waals surface area contributed by atoms with E-state index in [1.807, 2.05) is 0 Å². The lowest BCUT2D eigenvalue weighted by molar-refractivity contribution is -0.140. The lowest BCUT2D eigenvalue weighted by atomic mass is 10.0. The first-order chi connectivity index (χ1) is 29.3. The Labute approximate surface area is 370 Å². The van der Waals surface area contributed by atoms with E-state index >= 15 is 0 Å². The summed E-state index contributed by atoms with van der Waals surface area (Å²) in [5.74, 6) is 27.0. The molecule has 24 unspecified atom stereocenters. The zero-order chi connectivity index (χ0) is 40.6. The highest BCUT2D eigenvalue weighted by Crippen LogP contribution is 2.64. The molecule has 0 aliphatic heterocycles. The van der Waals surface area contributed by atoms with Crippen molar-refractivity contribution in [1.82, 2.24) is 0 Å². The number of hydrogen-bond acceptors (Lipinski definition) is 2. The molecule has 24 atom stereocenters. The molecule has 0 bridgehead atoms. The topological polar surface area (TPSA) is 26.3 Å². The number of carbonyl (C=O) groups is 1. The zero-order valence-electron chi connectivity index (χ0n) is 39.7. The van der Waals surface area contributed by atoms with Gasteiger partial charge in [-0.25, -0.2) is 0 Å². The SMILES string of the molecule is CCC1CC1CC1CC1CC1CC1CC1CC1CC1CC1CC1CC1CCC(=O)OC.CCCCC1CC1CC1CC1CC1CC1CC1CC1CC1CC1CC1CC1CC. The number of carbonyl (C=O) groups excluding carboxylic acids is 1. The van der Waals surface area contributed by atoms with Crippen LogP contribution in [0.25, 0.3) is 0 Å². The van der Waals surface area contributed by atoms with Crippen molar-refractivity contribution in [2.45, 2.75) is 207 Å². The van der Waals surface area contributed by atoms with Crippen LogP contribution >= 0.6 is 0 Å². The lowest BCUT2D eigenvalue weighted by Gasteiger charge is -2.03. The molecule has 0 radical (unpaired) electrons. The predicted octanol–water partition coefficient (Wildman–Crippen LogP) is 15.5. The van der Waals surface area contributed by atoms with E-state index < -0.39 is 0 Å². The maximum Gasteiger partial charge on any atom is 0.305 e. The van der Waals surface area contributed by atoms with Gasteiger partial charge in [0.25, 0.3) is 0 Å². The van der Waals surface area contributed by atoms with Crippen LogP contribution in [0.15, 0.2) is 0 Å². The van der Waals surface area contributed by atoms with Crippen molar-refractivity contribution in [1.29, 1.82) is 0 Å². The highest BCUT2D eigenvalue weighted by molar-refractivity contribution is 5.69. The monoisotopic (exact) mass is 823 g/mol. The molecule has 0 aromatic heterocycles. The van der Waals surface area contributed by atoms with Crippen LogP contribution in [-0.2, 0) is 9.53 Å². The number of unbranched alkanes of at least 4 members (excludes halogenated alkanes) is 1. The van der Waals surface area contributed by atoms with Crippen LogP contribution in [0.1, 0.15) is 207 Å². The Balaban J connectivity index is 0.000000136. The highest BCUT2D eigenvalue weighted by Gasteiger charge is 2.55. The Morgan fingerprint density at radius 1 is 0.333 bits per heavy atom. The smallest absolute Gasteiger partial charge is 0.305 e. The van der Waals surface area contributed by atoms with Gasteiger partial charge >= 0.3 is 5.97 Å². The summed E-state index contributed by atoms with van der Waals surface area (Å²) >= 11 is 0. The van der Waals surface area contributed by atoms with Crippen molar-refractivity contribution in [2.75, 3.05) is 7.11 Å². The van der Waals surface area contributed by atoms with Crippen molar-refractivity contribution in [3.05, 3.63) is 0 Å². The lowest BCUT2D eigenvalue weighted by Crippen LogP contribution is -2.00. The Bertz CT molecular complexity index is 1470. The van der Waals surface area contributed by atoms with Crippen LogP contribution in [-0.4, -0.2) is 13.1 Å². The van der Waals surface area contributed by atoms with E-state index in [2.05, 4.69) is 20.8 Å².